The van der Waals surface area contributed by atoms with E-state index in [2.05, 4.69) is 16.0 Å². The summed E-state index contributed by atoms with van der Waals surface area (Å²) in [5, 5.41) is 26.6. The third kappa shape index (κ3) is 7.12. The normalized spacial score (nSPS) is 12.6. The van der Waals surface area contributed by atoms with Crippen LogP contribution in [0.4, 0.5) is 4.79 Å². The third-order valence-corrected chi connectivity index (χ3v) is 4.52. The van der Waals surface area contributed by atoms with E-state index in [-0.39, 0.29) is 18.1 Å². The summed E-state index contributed by atoms with van der Waals surface area (Å²) in [6.07, 6.45) is 0.0480. The predicted molar refractivity (Wildman–Crippen MR) is 112 cm³/mol. The van der Waals surface area contributed by atoms with E-state index in [4.69, 9.17) is 0 Å². The molecule has 2 aromatic carbocycles. The Labute approximate surface area is 175 Å². The molecule has 0 fully saturated rings. The number of aliphatic carboxylic acids is 1. The molecule has 0 saturated heterocycles. The van der Waals surface area contributed by atoms with Crippen LogP contribution in [-0.4, -0.2) is 40.2 Å². The van der Waals surface area contributed by atoms with Crippen LogP contribution in [0, 0.1) is 5.92 Å². The molecule has 0 aliphatic heterocycles. The molecule has 0 heterocycles. The Hall–Kier alpha value is -3.55. The van der Waals surface area contributed by atoms with Gasteiger partial charge in [0.1, 0.15) is 17.8 Å². The fourth-order valence-electron chi connectivity index (χ4n) is 2.83. The van der Waals surface area contributed by atoms with Crippen LogP contribution in [0.5, 0.6) is 5.75 Å². The SMILES string of the molecule is CC(C)[C@@H](NC(=O)NCc1ccccc1)C(=O)N[C@H](Cc1ccc(O)cc1)C(=O)O. The number of nitrogens with one attached hydrogen (secondary N) is 3. The maximum atomic E-state index is 12.7. The van der Waals surface area contributed by atoms with Crippen LogP contribution in [0.15, 0.2) is 54.6 Å². The molecule has 8 nitrogen and oxygen atoms in total. The Morgan fingerprint density at radius 1 is 0.900 bits per heavy atom. The zero-order valence-corrected chi connectivity index (χ0v) is 17.0. The van der Waals surface area contributed by atoms with E-state index in [1.165, 1.54) is 12.1 Å². The molecule has 0 radical (unpaired) electrons. The maximum absolute atomic E-state index is 12.7. The first-order valence-corrected chi connectivity index (χ1v) is 9.65. The van der Waals surface area contributed by atoms with Gasteiger partial charge in [0, 0.05) is 13.0 Å². The van der Waals surface area contributed by atoms with Gasteiger partial charge in [-0.1, -0.05) is 56.3 Å². The smallest absolute Gasteiger partial charge is 0.326 e. The molecule has 160 valence electrons. The number of carbonyl (C=O) groups excluding carboxylic acids is 2. The highest BCUT2D eigenvalue weighted by atomic mass is 16.4. The number of carbonyl (C=O) groups is 3. The molecule has 0 bridgehead atoms. The number of aromatic hydroxyl groups is 1. The molecular weight excluding hydrogens is 386 g/mol. The average Bonchev–Trinajstić information content (AvgIpc) is 2.71. The summed E-state index contributed by atoms with van der Waals surface area (Å²) < 4.78 is 0. The number of rotatable bonds is 9. The largest absolute Gasteiger partial charge is 0.508 e. The van der Waals surface area contributed by atoms with Gasteiger partial charge in [-0.15, -0.1) is 0 Å². The van der Waals surface area contributed by atoms with E-state index in [1.54, 1.807) is 26.0 Å². The summed E-state index contributed by atoms with van der Waals surface area (Å²) >= 11 is 0. The summed E-state index contributed by atoms with van der Waals surface area (Å²) in [6, 6.07) is 12.8. The van der Waals surface area contributed by atoms with E-state index in [1.807, 2.05) is 30.3 Å². The van der Waals surface area contributed by atoms with Gasteiger partial charge in [-0.25, -0.2) is 9.59 Å². The summed E-state index contributed by atoms with van der Waals surface area (Å²) in [6.45, 7) is 3.83. The number of hydrogen-bond acceptors (Lipinski definition) is 4. The predicted octanol–water partition coefficient (Wildman–Crippen LogP) is 2.03. The molecular formula is C22H27N3O5. The van der Waals surface area contributed by atoms with Crippen molar-refractivity contribution in [2.45, 2.75) is 38.9 Å². The van der Waals surface area contributed by atoms with Crippen molar-refractivity contribution in [3.63, 3.8) is 0 Å². The summed E-state index contributed by atoms with van der Waals surface area (Å²) in [4.78, 5) is 36.5. The lowest BCUT2D eigenvalue weighted by Gasteiger charge is -2.24. The van der Waals surface area contributed by atoms with Crippen molar-refractivity contribution in [1.82, 2.24) is 16.0 Å². The second-order valence-corrected chi connectivity index (χ2v) is 7.30. The highest BCUT2D eigenvalue weighted by Crippen LogP contribution is 2.12. The molecule has 0 spiro atoms. The summed E-state index contributed by atoms with van der Waals surface area (Å²) in [5.41, 5.74) is 1.56. The van der Waals surface area contributed by atoms with E-state index in [0.29, 0.717) is 12.1 Å². The Bertz CT molecular complexity index is 853. The molecule has 0 saturated carbocycles. The second kappa shape index (κ2) is 10.8. The molecule has 2 rings (SSSR count). The van der Waals surface area contributed by atoms with Crippen LogP contribution >= 0.6 is 0 Å². The van der Waals surface area contributed by atoms with Crippen molar-refractivity contribution in [3.8, 4) is 5.75 Å². The molecule has 30 heavy (non-hydrogen) atoms. The molecule has 8 heteroatoms. The van der Waals surface area contributed by atoms with Crippen LogP contribution in [-0.2, 0) is 22.6 Å². The Balaban J connectivity index is 1.97. The van der Waals surface area contributed by atoms with Gasteiger partial charge < -0.3 is 26.2 Å². The van der Waals surface area contributed by atoms with Gasteiger partial charge in [0.25, 0.3) is 0 Å². The first kappa shape index (κ1) is 22.7. The quantitative estimate of drug-likeness (QED) is 0.430. The van der Waals surface area contributed by atoms with Crippen molar-refractivity contribution in [1.29, 1.82) is 0 Å². The molecule has 0 unspecified atom stereocenters. The zero-order chi connectivity index (χ0) is 22.1. The maximum Gasteiger partial charge on any atom is 0.326 e. The van der Waals surface area contributed by atoms with Gasteiger partial charge >= 0.3 is 12.0 Å². The Kier molecular flexibility index (Phi) is 8.22. The van der Waals surface area contributed by atoms with Gasteiger partial charge in [-0.05, 0) is 29.2 Å². The van der Waals surface area contributed by atoms with Crippen LogP contribution in [0.25, 0.3) is 0 Å². The minimum absolute atomic E-state index is 0.0480. The minimum Gasteiger partial charge on any atom is -0.508 e. The highest BCUT2D eigenvalue weighted by molar-refractivity contribution is 5.90. The Morgan fingerprint density at radius 2 is 1.53 bits per heavy atom. The Morgan fingerprint density at radius 3 is 2.10 bits per heavy atom. The van der Waals surface area contributed by atoms with E-state index < -0.39 is 30.0 Å². The van der Waals surface area contributed by atoms with Gasteiger partial charge in [0.15, 0.2) is 0 Å². The average molecular weight is 413 g/mol. The fourth-order valence-corrected chi connectivity index (χ4v) is 2.83. The van der Waals surface area contributed by atoms with E-state index in [9.17, 15) is 24.6 Å². The number of hydrogen-bond donors (Lipinski definition) is 5. The number of phenols is 1. The summed E-state index contributed by atoms with van der Waals surface area (Å²) in [7, 11) is 0. The lowest BCUT2D eigenvalue weighted by molar-refractivity contribution is -0.142. The number of carboxylic acids is 1. The monoisotopic (exact) mass is 413 g/mol. The molecule has 0 aliphatic rings. The number of amides is 3. The van der Waals surface area contributed by atoms with Gasteiger partial charge in [0.05, 0.1) is 0 Å². The molecule has 5 N–H and O–H groups in total. The number of phenolic OH excluding ortho intramolecular Hbond substituents is 1. The topological polar surface area (TPSA) is 128 Å². The second-order valence-electron chi connectivity index (χ2n) is 7.30. The standard InChI is InChI=1S/C22H27N3O5/c1-14(2)19(25-22(30)23-13-16-6-4-3-5-7-16)20(27)24-18(21(28)29)12-15-8-10-17(26)11-9-15/h3-11,14,18-19,26H,12-13H2,1-2H3,(H,24,27)(H,28,29)(H2,23,25,30)/t18-,19-/m1/s1. The molecule has 0 aromatic heterocycles. The number of carboxylic acid groups (broad SMARTS) is 1. The molecule has 2 aromatic rings. The van der Waals surface area contributed by atoms with Gasteiger partial charge in [0.2, 0.25) is 5.91 Å². The molecule has 0 aliphatic carbocycles. The van der Waals surface area contributed by atoms with E-state index in [0.717, 1.165) is 5.56 Å². The number of benzene rings is 2. The minimum atomic E-state index is -1.19. The van der Waals surface area contributed by atoms with Gasteiger partial charge in [-0.3, -0.25) is 4.79 Å². The molecule has 3 amide bonds. The van der Waals surface area contributed by atoms with Gasteiger partial charge in [-0.2, -0.15) is 0 Å². The van der Waals surface area contributed by atoms with E-state index >= 15 is 0 Å². The van der Waals surface area contributed by atoms with Crippen LogP contribution in [0.1, 0.15) is 25.0 Å². The molecule has 2 atom stereocenters. The lowest BCUT2D eigenvalue weighted by atomic mass is 10.0. The van der Waals surface area contributed by atoms with Crippen LogP contribution in [0.2, 0.25) is 0 Å². The van der Waals surface area contributed by atoms with Crippen molar-refractivity contribution >= 4 is 17.9 Å². The first-order chi connectivity index (χ1) is 14.3. The zero-order valence-electron chi connectivity index (χ0n) is 17.0. The van der Waals surface area contributed by atoms with Crippen LogP contribution < -0.4 is 16.0 Å². The lowest BCUT2D eigenvalue weighted by Crippen LogP contribution is -2.55. The first-order valence-electron chi connectivity index (χ1n) is 9.65. The van der Waals surface area contributed by atoms with Crippen LogP contribution in [0.3, 0.4) is 0 Å². The third-order valence-electron chi connectivity index (χ3n) is 4.52. The van der Waals surface area contributed by atoms with Crippen molar-refractivity contribution in [3.05, 3.63) is 65.7 Å². The number of urea groups is 1. The van der Waals surface area contributed by atoms with Crippen molar-refractivity contribution < 1.29 is 24.6 Å². The van der Waals surface area contributed by atoms with Crippen molar-refractivity contribution in [2.24, 2.45) is 5.92 Å². The fraction of sp³-hybridized carbons (Fsp3) is 0.318. The summed E-state index contributed by atoms with van der Waals surface area (Å²) in [5.74, 6) is -1.95. The van der Waals surface area contributed by atoms with Crippen molar-refractivity contribution in [2.75, 3.05) is 0 Å². The highest BCUT2D eigenvalue weighted by Gasteiger charge is 2.28.